The van der Waals surface area contributed by atoms with Crippen molar-refractivity contribution >= 4 is 34.5 Å². The van der Waals surface area contributed by atoms with Gasteiger partial charge in [0.05, 0.1) is 0 Å². The maximum absolute atomic E-state index is 12.3. The van der Waals surface area contributed by atoms with Gasteiger partial charge in [-0.3, -0.25) is 18.7 Å². The Balaban J connectivity index is 1.74. The molecule has 0 radical (unpaired) electrons. The average Bonchev–Trinajstić information content (AvgIpc) is 2.98. The Bertz CT molecular complexity index is 1170. The molecule has 0 spiro atoms. The number of fused-ring (bicyclic) bond motifs is 1. The minimum Gasteiger partial charge on any atom is -0.326 e. The monoisotopic (exact) mass is 401 g/mol. The number of thioether (sulfide) groups is 1. The topological polar surface area (TPSA) is 90.9 Å². The highest BCUT2D eigenvalue weighted by atomic mass is 32.2. The van der Waals surface area contributed by atoms with Gasteiger partial charge in [0.15, 0.2) is 16.3 Å². The Morgan fingerprint density at radius 1 is 1.07 bits per heavy atom. The Kier molecular flexibility index (Phi) is 5.46. The zero-order chi connectivity index (χ0) is 20.6. The van der Waals surface area contributed by atoms with Crippen molar-refractivity contribution < 1.29 is 4.79 Å². The van der Waals surface area contributed by atoms with E-state index in [9.17, 15) is 14.4 Å². The standard InChI is InChI=1S/C19H23N5O3S/c1-11-7-6-8-12(2)14(11)20-13(25)9-10-28-18-21-15-16(22(18)3)23(4)19(27)24(5)17(15)26/h6-8H,9-10H2,1-5H3,(H,20,25). The fourth-order valence-corrected chi connectivity index (χ4v) is 4.04. The molecule has 1 N–H and O–H groups in total. The quantitative estimate of drug-likeness (QED) is 0.657. The van der Waals surface area contributed by atoms with Crippen molar-refractivity contribution in [2.45, 2.75) is 25.4 Å². The van der Waals surface area contributed by atoms with Crippen LogP contribution in [-0.2, 0) is 25.9 Å². The number of amides is 1. The van der Waals surface area contributed by atoms with E-state index in [0.29, 0.717) is 23.0 Å². The van der Waals surface area contributed by atoms with Crippen LogP contribution in [0.2, 0.25) is 0 Å². The molecule has 0 aliphatic heterocycles. The minimum atomic E-state index is -0.423. The summed E-state index contributed by atoms with van der Waals surface area (Å²) in [7, 11) is 4.80. The maximum atomic E-state index is 12.3. The Morgan fingerprint density at radius 2 is 1.71 bits per heavy atom. The molecule has 0 fully saturated rings. The molecule has 8 nitrogen and oxygen atoms in total. The normalized spacial score (nSPS) is 11.2. The summed E-state index contributed by atoms with van der Waals surface area (Å²) in [6.45, 7) is 3.92. The Labute approximate surface area is 166 Å². The fourth-order valence-electron chi connectivity index (χ4n) is 3.14. The number of anilines is 1. The number of aryl methyl sites for hydroxylation is 4. The Morgan fingerprint density at radius 3 is 2.36 bits per heavy atom. The molecule has 148 valence electrons. The molecular formula is C19H23N5O3S. The lowest BCUT2D eigenvalue weighted by atomic mass is 10.1. The first-order chi connectivity index (χ1) is 13.2. The van der Waals surface area contributed by atoms with Gasteiger partial charge in [-0.25, -0.2) is 9.78 Å². The summed E-state index contributed by atoms with van der Waals surface area (Å²) in [6, 6.07) is 5.88. The predicted molar refractivity (Wildman–Crippen MR) is 111 cm³/mol. The van der Waals surface area contributed by atoms with Crippen molar-refractivity contribution in [2.24, 2.45) is 21.1 Å². The molecule has 28 heavy (non-hydrogen) atoms. The lowest BCUT2D eigenvalue weighted by Gasteiger charge is -2.11. The molecule has 1 amide bonds. The van der Waals surface area contributed by atoms with Crippen molar-refractivity contribution in [3.63, 3.8) is 0 Å². The van der Waals surface area contributed by atoms with Gasteiger partial charge in [0.1, 0.15) is 0 Å². The van der Waals surface area contributed by atoms with E-state index in [2.05, 4.69) is 10.3 Å². The molecule has 0 atom stereocenters. The number of nitrogens with one attached hydrogen (secondary N) is 1. The first-order valence-electron chi connectivity index (χ1n) is 8.83. The third kappa shape index (κ3) is 3.49. The number of carbonyl (C=O) groups excluding carboxylic acids is 1. The molecule has 0 saturated heterocycles. The van der Waals surface area contributed by atoms with E-state index in [1.54, 1.807) is 18.7 Å². The van der Waals surface area contributed by atoms with Gasteiger partial charge in [0.2, 0.25) is 5.91 Å². The number of benzene rings is 1. The van der Waals surface area contributed by atoms with Gasteiger partial charge in [0.25, 0.3) is 5.56 Å². The molecule has 2 aromatic heterocycles. The molecule has 0 bridgehead atoms. The molecule has 0 aliphatic rings. The summed E-state index contributed by atoms with van der Waals surface area (Å²) >= 11 is 1.38. The zero-order valence-electron chi connectivity index (χ0n) is 16.6. The predicted octanol–water partition coefficient (Wildman–Crippen LogP) is 1.71. The van der Waals surface area contributed by atoms with Crippen LogP contribution < -0.4 is 16.6 Å². The molecule has 0 aliphatic carbocycles. The van der Waals surface area contributed by atoms with E-state index in [0.717, 1.165) is 21.4 Å². The van der Waals surface area contributed by atoms with Crippen LogP contribution in [-0.4, -0.2) is 30.3 Å². The van der Waals surface area contributed by atoms with E-state index in [1.807, 2.05) is 32.0 Å². The first kappa shape index (κ1) is 19.9. The summed E-state index contributed by atoms with van der Waals surface area (Å²) in [5, 5.41) is 3.55. The zero-order valence-corrected chi connectivity index (χ0v) is 17.4. The summed E-state index contributed by atoms with van der Waals surface area (Å²) in [6.07, 6.45) is 0.304. The lowest BCUT2D eigenvalue weighted by Crippen LogP contribution is -2.37. The van der Waals surface area contributed by atoms with Gasteiger partial charge >= 0.3 is 5.69 Å². The van der Waals surface area contributed by atoms with Crippen molar-refractivity contribution in [3.8, 4) is 0 Å². The van der Waals surface area contributed by atoms with Crippen molar-refractivity contribution in [3.05, 3.63) is 50.2 Å². The summed E-state index contributed by atoms with van der Waals surface area (Å²) in [5.41, 5.74) is 2.78. The highest BCUT2D eigenvalue weighted by molar-refractivity contribution is 7.99. The van der Waals surface area contributed by atoms with Gasteiger partial charge in [0, 0.05) is 39.0 Å². The molecular weight excluding hydrogens is 378 g/mol. The fraction of sp³-hybridized carbons (Fsp3) is 0.368. The van der Waals surface area contributed by atoms with E-state index < -0.39 is 11.2 Å². The van der Waals surface area contributed by atoms with Crippen molar-refractivity contribution in [1.29, 1.82) is 0 Å². The van der Waals surface area contributed by atoms with Gasteiger partial charge < -0.3 is 9.88 Å². The summed E-state index contributed by atoms with van der Waals surface area (Å²) in [5.74, 6) is 0.425. The van der Waals surface area contributed by atoms with Gasteiger partial charge in [-0.05, 0) is 25.0 Å². The number of carbonyl (C=O) groups is 1. The maximum Gasteiger partial charge on any atom is 0.332 e. The largest absolute Gasteiger partial charge is 0.332 e. The number of hydrogen-bond donors (Lipinski definition) is 1. The summed E-state index contributed by atoms with van der Waals surface area (Å²) in [4.78, 5) is 41.1. The molecule has 3 aromatic rings. The van der Waals surface area contributed by atoms with Crippen LogP contribution in [0, 0.1) is 13.8 Å². The first-order valence-corrected chi connectivity index (χ1v) is 9.82. The van der Waals surface area contributed by atoms with Crippen molar-refractivity contribution in [1.82, 2.24) is 18.7 Å². The number of imidazole rings is 1. The highest BCUT2D eigenvalue weighted by Crippen LogP contribution is 2.22. The molecule has 2 heterocycles. The van der Waals surface area contributed by atoms with E-state index in [-0.39, 0.29) is 11.4 Å². The van der Waals surface area contributed by atoms with Gasteiger partial charge in [-0.1, -0.05) is 30.0 Å². The van der Waals surface area contributed by atoms with Crippen LogP contribution in [0.3, 0.4) is 0 Å². The Hall–Kier alpha value is -2.81. The van der Waals surface area contributed by atoms with Crippen LogP contribution in [0.5, 0.6) is 0 Å². The third-order valence-electron chi connectivity index (χ3n) is 4.73. The highest BCUT2D eigenvalue weighted by Gasteiger charge is 2.17. The van der Waals surface area contributed by atoms with Crippen LogP contribution in [0.25, 0.3) is 11.2 Å². The number of nitrogens with zero attached hydrogens (tertiary/aromatic N) is 4. The molecule has 1 aromatic carbocycles. The third-order valence-corrected chi connectivity index (χ3v) is 5.76. The smallest absolute Gasteiger partial charge is 0.326 e. The number of hydrogen-bond acceptors (Lipinski definition) is 5. The van der Waals surface area contributed by atoms with Gasteiger partial charge in [-0.15, -0.1) is 0 Å². The second-order valence-electron chi connectivity index (χ2n) is 6.74. The SMILES string of the molecule is Cc1cccc(C)c1NC(=O)CCSc1nc2c(=O)n(C)c(=O)n(C)c2n1C. The molecule has 9 heteroatoms. The number of rotatable bonds is 5. The lowest BCUT2D eigenvalue weighted by molar-refractivity contribution is -0.115. The van der Waals surface area contributed by atoms with E-state index in [4.69, 9.17) is 0 Å². The second-order valence-corrected chi connectivity index (χ2v) is 7.81. The van der Waals surface area contributed by atoms with Gasteiger partial charge in [-0.2, -0.15) is 0 Å². The second kappa shape index (κ2) is 7.67. The number of aromatic nitrogens is 4. The molecule has 0 unspecified atom stereocenters. The van der Waals surface area contributed by atoms with Crippen molar-refractivity contribution in [2.75, 3.05) is 11.1 Å². The number of para-hydroxylation sites is 1. The van der Waals surface area contributed by atoms with Crippen LogP contribution >= 0.6 is 11.8 Å². The van der Waals surface area contributed by atoms with Crippen LogP contribution in [0.15, 0.2) is 32.9 Å². The molecule has 0 saturated carbocycles. The van der Waals surface area contributed by atoms with Crippen LogP contribution in [0.1, 0.15) is 17.5 Å². The molecule has 3 rings (SSSR count). The van der Waals surface area contributed by atoms with Crippen LogP contribution in [0.4, 0.5) is 5.69 Å². The average molecular weight is 401 g/mol. The van der Waals surface area contributed by atoms with E-state index in [1.165, 1.54) is 23.4 Å². The van der Waals surface area contributed by atoms with E-state index >= 15 is 0 Å². The minimum absolute atomic E-state index is 0.0769. The summed E-state index contributed by atoms with van der Waals surface area (Å²) < 4.78 is 4.16.